The summed E-state index contributed by atoms with van der Waals surface area (Å²) in [7, 11) is 1.65. The molecule has 1 aromatic carbocycles. The Labute approximate surface area is 180 Å². The number of hydrogen-bond acceptors (Lipinski definition) is 6. The molecule has 0 bridgehead atoms. The highest BCUT2D eigenvalue weighted by atomic mass is 19.1. The number of likely N-dealkylation sites (tertiary alicyclic amines) is 1. The average molecular weight is 421 g/mol. The van der Waals surface area contributed by atoms with Crippen molar-refractivity contribution in [3.63, 3.8) is 0 Å². The molecule has 1 fully saturated rings. The third-order valence-electron chi connectivity index (χ3n) is 5.29. The maximum Gasteiger partial charge on any atom is 0.275 e. The van der Waals surface area contributed by atoms with Crippen molar-refractivity contribution >= 4 is 11.7 Å². The number of ether oxygens (including phenoxy) is 1. The zero-order valence-electron chi connectivity index (χ0n) is 17.3. The Hall–Kier alpha value is -3.55. The van der Waals surface area contributed by atoms with Crippen molar-refractivity contribution in [1.29, 1.82) is 0 Å². The molecule has 1 saturated heterocycles. The highest BCUT2D eigenvalue weighted by molar-refractivity contribution is 5.93. The number of nitrogens with zero attached hydrogens (tertiary/aromatic N) is 4. The highest BCUT2D eigenvalue weighted by Gasteiger charge is 2.23. The summed E-state index contributed by atoms with van der Waals surface area (Å²) >= 11 is 0. The average Bonchev–Trinajstić information content (AvgIpc) is 3.34. The van der Waals surface area contributed by atoms with Crippen LogP contribution in [0.1, 0.15) is 28.9 Å². The molecule has 0 saturated carbocycles. The number of pyridine rings is 1. The smallest absolute Gasteiger partial charge is 0.275 e. The SMILES string of the molecule is COc1ccccc1CCNc1cc(-c2cnc(C(=O)N3CCCC3)c(F)c2)ncn1. The summed E-state index contributed by atoms with van der Waals surface area (Å²) in [5.74, 6) is 0.469. The zero-order chi connectivity index (χ0) is 21.6. The number of carbonyl (C=O) groups is 1. The standard InChI is InChI=1S/C23H24FN5O2/c1-31-20-7-3-2-6-16(20)8-9-25-21-13-19(27-15-28-21)17-12-18(24)22(26-14-17)23(30)29-10-4-5-11-29/h2-3,6-7,12-15H,4-5,8-11H2,1H3,(H,25,27,28). The van der Waals surface area contributed by atoms with Crippen LogP contribution in [0.3, 0.4) is 0 Å². The lowest BCUT2D eigenvalue weighted by Gasteiger charge is -2.15. The van der Waals surface area contributed by atoms with Crippen molar-refractivity contribution in [3.8, 4) is 17.0 Å². The maximum atomic E-state index is 14.6. The molecule has 7 nitrogen and oxygen atoms in total. The molecule has 0 radical (unpaired) electrons. The van der Waals surface area contributed by atoms with E-state index in [2.05, 4.69) is 20.3 Å². The van der Waals surface area contributed by atoms with Gasteiger partial charge in [0.2, 0.25) is 0 Å². The van der Waals surface area contributed by atoms with Gasteiger partial charge in [-0.2, -0.15) is 0 Å². The van der Waals surface area contributed by atoms with Gasteiger partial charge >= 0.3 is 0 Å². The molecular weight excluding hydrogens is 397 g/mol. The fourth-order valence-corrected chi connectivity index (χ4v) is 3.65. The van der Waals surface area contributed by atoms with Gasteiger partial charge in [-0.25, -0.2) is 19.3 Å². The summed E-state index contributed by atoms with van der Waals surface area (Å²) in [5, 5.41) is 3.25. The third kappa shape index (κ3) is 4.79. The lowest BCUT2D eigenvalue weighted by Crippen LogP contribution is -2.29. The molecule has 1 N–H and O–H groups in total. The van der Waals surface area contributed by atoms with Crippen molar-refractivity contribution < 1.29 is 13.9 Å². The van der Waals surface area contributed by atoms with Crippen molar-refractivity contribution in [2.45, 2.75) is 19.3 Å². The minimum absolute atomic E-state index is 0.144. The lowest BCUT2D eigenvalue weighted by molar-refractivity contribution is 0.0782. The molecule has 1 aliphatic rings. The first-order valence-electron chi connectivity index (χ1n) is 10.3. The topological polar surface area (TPSA) is 80.2 Å². The van der Waals surface area contributed by atoms with Crippen LogP contribution in [0.15, 0.2) is 48.9 Å². The second kappa shape index (κ2) is 9.51. The number of carbonyl (C=O) groups excluding carboxylic acids is 1. The lowest BCUT2D eigenvalue weighted by atomic mass is 10.1. The number of benzene rings is 1. The van der Waals surface area contributed by atoms with Crippen LogP contribution < -0.4 is 10.1 Å². The first-order valence-corrected chi connectivity index (χ1v) is 10.3. The minimum atomic E-state index is -0.640. The summed E-state index contributed by atoms with van der Waals surface area (Å²) in [6.07, 6.45) is 5.54. The van der Waals surface area contributed by atoms with Gasteiger partial charge in [-0.3, -0.25) is 4.79 Å². The molecule has 0 aliphatic carbocycles. The van der Waals surface area contributed by atoms with Gasteiger partial charge in [0.15, 0.2) is 11.5 Å². The Morgan fingerprint density at radius 1 is 1.16 bits per heavy atom. The van der Waals surface area contributed by atoms with E-state index in [0.717, 1.165) is 30.6 Å². The molecule has 4 rings (SSSR count). The molecule has 160 valence electrons. The summed E-state index contributed by atoms with van der Waals surface area (Å²) in [6, 6.07) is 10.9. The van der Waals surface area contributed by atoms with E-state index in [0.29, 0.717) is 36.7 Å². The van der Waals surface area contributed by atoms with Gasteiger partial charge in [0.05, 0.1) is 12.8 Å². The summed E-state index contributed by atoms with van der Waals surface area (Å²) in [6.45, 7) is 1.95. The Morgan fingerprint density at radius 3 is 2.74 bits per heavy atom. The van der Waals surface area contributed by atoms with Gasteiger partial charge in [-0.15, -0.1) is 0 Å². The van der Waals surface area contributed by atoms with Crippen LogP contribution in [0.25, 0.3) is 11.3 Å². The molecule has 3 aromatic rings. The Bertz CT molecular complexity index is 1070. The van der Waals surface area contributed by atoms with Crippen LogP contribution in [-0.2, 0) is 6.42 Å². The number of nitrogens with one attached hydrogen (secondary N) is 1. The van der Waals surface area contributed by atoms with E-state index in [9.17, 15) is 9.18 Å². The largest absolute Gasteiger partial charge is 0.496 e. The van der Waals surface area contributed by atoms with Gasteiger partial charge < -0.3 is 15.0 Å². The van der Waals surface area contributed by atoms with E-state index < -0.39 is 5.82 Å². The summed E-state index contributed by atoms with van der Waals surface area (Å²) in [5.41, 5.74) is 1.97. The van der Waals surface area contributed by atoms with Gasteiger partial charge in [0.25, 0.3) is 5.91 Å². The number of methoxy groups -OCH3 is 1. The molecule has 2 aromatic heterocycles. The number of rotatable bonds is 7. The maximum absolute atomic E-state index is 14.6. The Balaban J connectivity index is 1.44. The molecule has 0 unspecified atom stereocenters. The Kier molecular flexibility index (Phi) is 6.35. The van der Waals surface area contributed by atoms with Crippen LogP contribution in [-0.4, -0.2) is 52.5 Å². The number of hydrogen-bond donors (Lipinski definition) is 1. The zero-order valence-corrected chi connectivity index (χ0v) is 17.3. The second-order valence-electron chi connectivity index (χ2n) is 7.33. The highest BCUT2D eigenvalue weighted by Crippen LogP contribution is 2.22. The predicted octanol–water partition coefficient (Wildman–Crippen LogP) is 3.58. The first kappa shape index (κ1) is 20.7. The number of amides is 1. The molecule has 0 spiro atoms. The van der Waals surface area contributed by atoms with Crippen LogP contribution in [0.5, 0.6) is 5.75 Å². The molecule has 31 heavy (non-hydrogen) atoms. The summed E-state index contributed by atoms with van der Waals surface area (Å²) < 4.78 is 20.0. The van der Waals surface area contributed by atoms with E-state index in [-0.39, 0.29) is 11.6 Å². The van der Waals surface area contributed by atoms with Gasteiger partial charge in [-0.05, 0) is 37.0 Å². The number of halogens is 1. The van der Waals surface area contributed by atoms with E-state index >= 15 is 0 Å². The molecule has 1 amide bonds. The fraction of sp³-hybridized carbons (Fsp3) is 0.304. The quantitative estimate of drug-likeness (QED) is 0.628. The van der Waals surface area contributed by atoms with Gasteiger partial charge in [0, 0.05) is 37.5 Å². The normalized spacial score (nSPS) is 13.3. The fourth-order valence-electron chi connectivity index (χ4n) is 3.65. The van der Waals surface area contributed by atoms with Crippen LogP contribution in [0.2, 0.25) is 0 Å². The van der Waals surface area contributed by atoms with Crippen molar-refractivity contribution in [3.05, 3.63) is 66.0 Å². The second-order valence-corrected chi connectivity index (χ2v) is 7.33. The number of anilines is 1. The third-order valence-corrected chi connectivity index (χ3v) is 5.29. The molecule has 0 atom stereocenters. The molecule has 1 aliphatic heterocycles. The molecular formula is C23H24FN5O2. The van der Waals surface area contributed by atoms with E-state index in [1.54, 1.807) is 18.1 Å². The molecule has 3 heterocycles. The van der Waals surface area contributed by atoms with E-state index in [1.165, 1.54) is 18.6 Å². The summed E-state index contributed by atoms with van der Waals surface area (Å²) in [4.78, 5) is 26.6. The number of para-hydroxylation sites is 1. The van der Waals surface area contributed by atoms with E-state index in [1.807, 2.05) is 24.3 Å². The monoisotopic (exact) mass is 421 g/mol. The minimum Gasteiger partial charge on any atom is -0.496 e. The number of aromatic nitrogens is 3. The van der Waals surface area contributed by atoms with Crippen LogP contribution in [0, 0.1) is 5.82 Å². The van der Waals surface area contributed by atoms with Gasteiger partial charge in [-0.1, -0.05) is 18.2 Å². The van der Waals surface area contributed by atoms with E-state index in [4.69, 9.17) is 4.74 Å². The Morgan fingerprint density at radius 2 is 1.97 bits per heavy atom. The van der Waals surface area contributed by atoms with Crippen molar-refractivity contribution in [2.24, 2.45) is 0 Å². The molecule has 8 heteroatoms. The van der Waals surface area contributed by atoms with Crippen LogP contribution in [0.4, 0.5) is 10.2 Å². The van der Waals surface area contributed by atoms with Crippen LogP contribution >= 0.6 is 0 Å². The van der Waals surface area contributed by atoms with Gasteiger partial charge in [0.1, 0.15) is 17.9 Å². The van der Waals surface area contributed by atoms with Crippen molar-refractivity contribution in [1.82, 2.24) is 19.9 Å². The van der Waals surface area contributed by atoms with Crippen molar-refractivity contribution in [2.75, 3.05) is 32.1 Å². The predicted molar refractivity (Wildman–Crippen MR) is 116 cm³/mol. The first-order chi connectivity index (χ1) is 15.2.